The molecule has 0 saturated carbocycles. The topological polar surface area (TPSA) is 52.6 Å². The Morgan fingerprint density at radius 3 is 2.65 bits per heavy atom. The van der Waals surface area contributed by atoms with E-state index >= 15 is 0 Å². The number of carbonyl (C=O) groups excluding carboxylic acids is 1. The van der Waals surface area contributed by atoms with Crippen molar-refractivity contribution in [2.75, 3.05) is 13.1 Å². The summed E-state index contributed by atoms with van der Waals surface area (Å²) in [6, 6.07) is 12.0. The number of benzene rings is 2. The molecule has 1 fully saturated rings. The molecular weight excluding hydrogens is 355 g/mol. The zero-order chi connectivity index (χ0) is 18.5. The van der Waals surface area contributed by atoms with Gasteiger partial charge >= 0.3 is 0 Å². The van der Waals surface area contributed by atoms with Crippen molar-refractivity contribution in [1.29, 1.82) is 0 Å². The summed E-state index contributed by atoms with van der Waals surface area (Å²) in [6.07, 6.45) is 1.86. The molecule has 26 heavy (non-hydrogen) atoms. The van der Waals surface area contributed by atoms with E-state index < -0.39 is 11.6 Å². The van der Waals surface area contributed by atoms with Crippen LogP contribution in [0.3, 0.4) is 0 Å². The second-order valence-corrected chi connectivity index (χ2v) is 7.08. The minimum absolute atomic E-state index is 0.108. The van der Waals surface area contributed by atoms with Crippen molar-refractivity contribution in [2.45, 2.75) is 31.8 Å². The lowest BCUT2D eigenvalue weighted by Crippen LogP contribution is -2.44. The molecular formula is C20H22ClFN2O2. The maximum atomic E-state index is 13.3. The molecule has 0 aliphatic carbocycles. The quantitative estimate of drug-likeness (QED) is 0.839. The minimum atomic E-state index is -0.705. The van der Waals surface area contributed by atoms with Crippen molar-refractivity contribution in [2.24, 2.45) is 0 Å². The maximum Gasteiger partial charge on any atom is 0.224 e. The van der Waals surface area contributed by atoms with Gasteiger partial charge in [-0.3, -0.25) is 9.69 Å². The lowest BCUT2D eigenvalue weighted by molar-refractivity contribution is -0.121. The number of likely N-dealkylation sites (tertiary alicyclic amines) is 1. The van der Waals surface area contributed by atoms with Crippen molar-refractivity contribution in [3.63, 3.8) is 0 Å². The van der Waals surface area contributed by atoms with Gasteiger partial charge in [-0.1, -0.05) is 35.9 Å². The zero-order valence-electron chi connectivity index (χ0n) is 14.4. The van der Waals surface area contributed by atoms with Gasteiger partial charge in [-0.15, -0.1) is 0 Å². The summed E-state index contributed by atoms with van der Waals surface area (Å²) in [7, 11) is 0. The van der Waals surface area contributed by atoms with Crippen molar-refractivity contribution in [3.8, 4) is 5.75 Å². The highest BCUT2D eigenvalue weighted by molar-refractivity contribution is 6.31. The van der Waals surface area contributed by atoms with Gasteiger partial charge in [0, 0.05) is 30.7 Å². The molecule has 4 nitrogen and oxygen atoms in total. The van der Waals surface area contributed by atoms with Gasteiger partial charge < -0.3 is 10.4 Å². The lowest BCUT2D eigenvalue weighted by atomic mass is 10.0. The first kappa shape index (κ1) is 18.7. The molecule has 1 aliphatic rings. The minimum Gasteiger partial charge on any atom is -0.505 e. The molecule has 0 aromatic heterocycles. The van der Waals surface area contributed by atoms with E-state index in [4.69, 9.17) is 11.6 Å². The summed E-state index contributed by atoms with van der Waals surface area (Å²) < 4.78 is 13.3. The van der Waals surface area contributed by atoms with Gasteiger partial charge in [-0.25, -0.2) is 4.39 Å². The van der Waals surface area contributed by atoms with Crippen molar-refractivity contribution in [1.82, 2.24) is 10.2 Å². The summed E-state index contributed by atoms with van der Waals surface area (Å²) in [5.74, 6) is -1.23. The first-order valence-corrected chi connectivity index (χ1v) is 9.11. The summed E-state index contributed by atoms with van der Waals surface area (Å²) >= 11 is 6.21. The molecule has 0 radical (unpaired) electrons. The van der Waals surface area contributed by atoms with E-state index in [1.807, 2.05) is 24.3 Å². The number of hydrogen-bond donors (Lipinski definition) is 2. The number of aromatic hydroxyl groups is 1. The van der Waals surface area contributed by atoms with E-state index in [-0.39, 0.29) is 18.4 Å². The van der Waals surface area contributed by atoms with Gasteiger partial charge in [0.2, 0.25) is 5.91 Å². The molecule has 2 aromatic rings. The molecule has 0 unspecified atom stereocenters. The molecule has 1 aliphatic heterocycles. The van der Waals surface area contributed by atoms with Crippen LogP contribution in [0.25, 0.3) is 0 Å². The van der Waals surface area contributed by atoms with Gasteiger partial charge in [-0.2, -0.15) is 0 Å². The molecule has 1 saturated heterocycles. The Labute approximate surface area is 157 Å². The predicted molar refractivity (Wildman–Crippen MR) is 99.7 cm³/mol. The smallest absolute Gasteiger partial charge is 0.224 e. The molecule has 0 bridgehead atoms. The predicted octanol–water partition coefficient (Wildman–Crippen LogP) is 3.51. The fourth-order valence-electron chi connectivity index (χ4n) is 3.23. The Bertz CT molecular complexity index is 776. The standard InChI is InChI=1S/C20H22ClFN2O2/c21-17-4-2-1-3-15(17)13-24-9-7-16(8-10-24)23-20(26)12-14-5-6-19(25)18(22)11-14/h1-6,11,16,25H,7-10,12-13H2,(H,23,26). The van der Waals surface area contributed by atoms with E-state index in [1.165, 1.54) is 12.1 Å². The van der Waals surface area contributed by atoms with Crippen molar-refractivity contribution in [3.05, 3.63) is 64.4 Å². The molecule has 0 atom stereocenters. The van der Waals surface area contributed by atoms with Crippen LogP contribution in [-0.4, -0.2) is 35.0 Å². The summed E-state index contributed by atoms with van der Waals surface area (Å²) in [5, 5.41) is 13.0. The number of nitrogens with one attached hydrogen (secondary N) is 1. The third kappa shape index (κ3) is 4.96. The van der Waals surface area contributed by atoms with E-state index in [0.717, 1.165) is 43.1 Å². The van der Waals surface area contributed by atoms with E-state index in [1.54, 1.807) is 6.07 Å². The molecule has 1 amide bonds. The number of hydrogen-bond acceptors (Lipinski definition) is 3. The molecule has 2 N–H and O–H groups in total. The Balaban J connectivity index is 1.45. The van der Waals surface area contributed by atoms with Crippen molar-refractivity contribution >= 4 is 17.5 Å². The summed E-state index contributed by atoms with van der Waals surface area (Å²) in [4.78, 5) is 14.5. The van der Waals surface area contributed by atoms with Crippen LogP contribution in [0, 0.1) is 5.82 Å². The third-order valence-electron chi connectivity index (χ3n) is 4.68. The van der Waals surface area contributed by atoms with Crippen LogP contribution in [0.5, 0.6) is 5.75 Å². The van der Waals surface area contributed by atoms with Crippen LogP contribution < -0.4 is 5.32 Å². The third-order valence-corrected chi connectivity index (χ3v) is 5.05. The van der Waals surface area contributed by atoms with E-state index in [0.29, 0.717) is 5.56 Å². The van der Waals surface area contributed by atoms with Crippen LogP contribution in [0.4, 0.5) is 4.39 Å². The second kappa shape index (κ2) is 8.52. The van der Waals surface area contributed by atoms with E-state index in [9.17, 15) is 14.3 Å². The number of nitrogens with zero attached hydrogens (tertiary/aromatic N) is 1. The molecule has 0 spiro atoms. The number of amides is 1. The maximum absolute atomic E-state index is 13.3. The van der Waals surface area contributed by atoms with Crippen LogP contribution in [0.2, 0.25) is 5.02 Å². The average molecular weight is 377 g/mol. The average Bonchev–Trinajstić information content (AvgIpc) is 2.62. The van der Waals surface area contributed by atoms with Crippen LogP contribution in [0.1, 0.15) is 24.0 Å². The first-order valence-electron chi connectivity index (χ1n) is 8.74. The fraction of sp³-hybridized carbons (Fsp3) is 0.350. The highest BCUT2D eigenvalue weighted by Gasteiger charge is 2.21. The monoisotopic (exact) mass is 376 g/mol. The SMILES string of the molecule is O=C(Cc1ccc(O)c(F)c1)NC1CCN(Cc2ccccc2Cl)CC1. The molecule has 138 valence electrons. The number of piperidine rings is 1. The normalized spacial score (nSPS) is 15.8. The molecule has 3 rings (SSSR count). The van der Waals surface area contributed by atoms with Gasteiger partial charge in [0.25, 0.3) is 0 Å². The number of rotatable bonds is 5. The Morgan fingerprint density at radius 1 is 1.23 bits per heavy atom. The summed E-state index contributed by atoms with van der Waals surface area (Å²) in [6.45, 7) is 2.60. The number of halogens is 2. The number of phenols is 1. The molecule has 6 heteroatoms. The van der Waals surface area contributed by atoms with Gasteiger partial charge in [0.15, 0.2) is 11.6 Å². The van der Waals surface area contributed by atoms with Crippen LogP contribution in [0.15, 0.2) is 42.5 Å². The molecule has 1 heterocycles. The Hall–Kier alpha value is -2.11. The van der Waals surface area contributed by atoms with Crippen LogP contribution >= 0.6 is 11.6 Å². The van der Waals surface area contributed by atoms with Crippen molar-refractivity contribution < 1.29 is 14.3 Å². The fourth-order valence-corrected chi connectivity index (χ4v) is 3.42. The highest BCUT2D eigenvalue weighted by Crippen LogP contribution is 2.20. The first-order chi connectivity index (χ1) is 12.5. The van der Waals surface area contributed by atoms with Crippen LogP contribution in [-0.2, 0) is 17.8 Å². The van der Waals surface area contributed by atoms with Gasteiger partial charge in [-0.05, 0) is 42.2 Å². The molecule has 2 aromatic carbocycles. The zero-order valence-corrected chi connectivity index (χ0v) is 15.2. The van der Waals surface area contributed by atoms with E-state index in [2.05, 4.69) is 10.2 Å². The van der Waals surface area contributed by atoms with Gasteiger partial charge in [0.05, 0.1) is 6.42 Å². The Kier molecular flexibility index (Phi) is 6.12. The largest absolute Gasteiger partial charge is 0.505 e. The Morgan fingerprint density at radius 2 is 1.96 bits per heavy atom. The lowest BCUT2D eigenvalue weighted by Gasteiger charge is -2.32. The second-order valence-electron chi connectivity index (χ2n) is 6.67. The van der Waals surface area contributed by atoms with Gasteiger partial charge in [0.1, 0.15) is 0 Å². The highest BCUT2D eigenvalue weighted by atomic mass is 35.5. The number of phenolic OH excluding ortho intramolecular Hbond substituents is 1. The number of carbonyl (C=O) groups is 1. The summed E-state index contributed by atoms with van der Waals surface area (Å²) in [5.41, 5.74) is 1.67.